The third-order valence-electron chi connectivity index (χ3n) is 10.2. The third kappa shape index (κ3) is 47.2. The molecule has 0 N–H and O–H groups in total. The molecular weight excluding hydrogens is 757 g/mol. The number of hydrogen-bond donors (Lipinski definition) is 0. The SMILES string of the molecule is CC\C=C/C=C\C=C/C=C\C=C/CCCC(=O)OC(COC(=O)CCC/C=C\C/C=C\C/C=C\CCCCCCCC)COC(=O)CCCCCCCCCCCCCCC. The quantitative estimate of drug-likeness (QED) is 0.0200. The van der Waals surface area contributed by atoms with Gasteiger partial charge in [0.25, 0.3) is 0 Å². The Balaban J connectivity index is 4.56. The van der Waals surface area contributed by atoms with Crippen molar-refractivity contribution in [1.29, 1.82) is 0 Å². The first kappa shape index (κ1) is 57.3. The van der Waals surface area contributed by atoms with Crippen molar-refractivity contribution in [1.82, 2.24) is 0 Å². The number of unbranched alkanes of at least 4 members (excludes halogenated alkanes) is 20. The zero-order chi connectivity index (χ0) is 44.4. The molecule has 0 radical (unpaired) electrons. The molecule has 0 aromatic rings. The standard InChI is InChI=1S/C55H90O6/c1-4-7-10-13-16-19-22-25-26-27-28-31-33-36-39-42-45-48-54(57)60-51-52(61-55(58)49-46-43-40-37-34-30-24-21-18-15-12-9-6-3)50-59-53(56)47-44-41-38-35-32-29-23-20-17-14-11-8-5-2/h9,12,15,18,21,24-26,28,30-31,34,36-37,39-40,52H,4-8,10-11,13-14,16-17,19-20,22-23,27,29,32-33,35,38,41-51H2,1-3H3/b12-9-,18-15-,24-21-,26-25-,31-28-,34-30-,39-36-,40-37-. The Morgan fingerprint density at radius 3 is 1.21 bits per heavy atom. The van der Waals surface area contributed by atoms with E-state index in [9.17, 15) is 14.4 Å². The minimum absolute atomic E-state index is 0.121. The van der Waals surface area contributed by atoms with Gasteiger partial charge in [-0.3, -0.25) is 14.4 Å². The molecule has 0 fully saturated rings. The lowest BCUT2D eigenvalue weighted by atomic mass is 10.0. The monoisotopic (exact) mass is 847 g/mol. The maximum absolute atomic E-state index is 12.7. The molecule has 0 rings (SSSR count). The number of rotatable bonds is 43. The van der Waals surface area contributed by atoms with Crippen LogP contribution in [0.5, 0.6) is 0 Å². The Labute approximate surface area is 375 Å². The van der Waals surface area contributed by atoms with E-state index in [0.717, 1.165) is 51.4 Å². The minimum Gasteiger partial charge on any atom is -0.462 e. The first-order valence-electron chi connectivity index (χ1n) is 24.8. The van der Waals surface area contributed by atoms with E-state index in [1.54, 1.807) is 0 Å². The highest BCUT2D eigenvalue weighted by atomic mass is 16.6. The molecule has 1 atom stereocenters. The summed E-state index contributed by atoms with van der Waals surface area (Å²) < 4.78 is 16.6. The number of allylic oxidation sites excluding steroid dienone is 16. The summed E-state index contributed by atoms with van der Waals surface area (Å²) in [5.41, 5.74) is 0. The van der Waals surface area contributed by atoms with Gasteiger partial charge in [-0.15, -0.1) is 0 Å². The summed E-state index contributed by atoms with van der Waals surface area (Å²) in [5.74, 6) is -1.06. The average Bonchev–Trinajstić information content (AvgIpc) is 3.26. The van der Waals surface area contributed by atoms with Crippen molar-refractivity contribution in [3.63, 3.8) is 0 Å². The van der Waals surface area contributed by atoms with Crippen molar-refractivity contribution < 1.29 is 28.6 Å². The first-order valence-corrected chi connectivity index (χ1v) is 24.8. The van der Waals surface area contributed by atoms with Crippen molar-refractivity contribution in [2.75, 3.05) is 13.2 Å². The van der Waals surface area contributed by atoms with Crippen molar-refractivity contribution in [2.45, 2.75) is 219 Å². The molecule has 0 aromatic heterocycles. The molecule has 6 heteroatoms. The van der Waals surface area contributed by atoms with Crippen molar-refractivity contribution in [2.24, 2.45) is 0 Å². The molecule has 0 aliphatic heterocycles. The van der Waals surface area contributed by atoms with E-state index in [0.29, 0.717) is 19.3 Å². The van der Waals surface area contributed by atoms with Crippen LogP contribution < -0.4 is 0 Å². The molecule has 0 saturated carbocycles. The average molecular weight is 847 g/mol. The second-order valence-corrected chi connectivity index (χ2v) is 16.1. The van der Waals surface area contributed by atoms with Gasteiger partial charge < -0.3 is 14.2 Å². The number of ether oxygens (including phenoxy) is 3. The topological polar surface area (TPSA) is 78.9 Å². The lowest BCUT2D eigenvalue weighted by Crippen LogP contribution is -2.30. The summed E-state index contributed by atoms with van der Waals surface area (Å²) >= 11 is 0. The molecule has 346 valence electrons. The molecule has 0 saturated heterocycles. The van der Waals surface area contributed by atoms with Crippen LogP contribution in [0.15, 0.2) is 97.2 Å². The van der Waals surface area contributed by atoms with Gasteiger partial charge in [-0.2, -0.15) is 0 Å². The summed E-state index contributed by atoms with van der Waals surface area (Å²) in [6, 6.07) is 0. The van der Waals surface area contributed by atoms with Crippen molar-refractivity contribution in [3.8, 4) is 0 Å². The second-order valence-electron chi connectivity index (χ2n) is 16.1. The molecule has 0 amide bonds. The fourth-order valence-corrected chi connectivity index (χ4v) is 6.49. The fourth-order valence-electron chi connectivity index (χ4n) is 6.49. The lowest BCUT2D eigenvalue weighted by Gasteiger charge is -2.18. The van der Waals surface area contributed by atoms with Crippen LogP contribution in [-0.2, 0) is 28.6 Å². The van der Waals surface area contributed by atoms with E-state index in [2.05, 4.69) is 63.3 Å². The molecular formula is C55H90O6. The van der Waals surface area contributed by atoms with Crippen LogP contribution in [-0.4, -0.2) is 37.2 Å². The van der Waals surface area contributed by atoms with Gasteiger partial charge in [0.05, 0.1) is 0 Å². The highest BCUT2D eigenvalue weighted by molar-refractivity contribution is 5.71. The summed E-state index contributed by atoms with van der Waals surface area (Å²) in [5, 5.41) is 0. The van der Waals surface area contributed by atoms with Crippen LogP contribution in [0, 0.1) is 0 Å². The van der Waals surface area contributed by atoms with Gasteiger partial charge in [0, 0.05) is 19.3 Å². The molecule has 0 bridgehead atoms. The first-order chi connectivity index (χ1) is 30.0. The van der Waals surface area contributed by atoms with Crippen LogP contribution in [0.2, 0.25) is 0 Å². The van der Waals surface area contributed by atoms with Crippen molar-refractivity contribution in [3.05, 3.63) is 97.2 Å². The zero-order valence-electron chi connectivity index (χ0n) is 39.4. The molecule has 6 nitrogen and oxygen atoms in total. The smallest absolute Gasteiger partial charge is 0.306 e. The highest BCUT2D eigenvalue weighted by Crippen LogP contribution is 2.14. The molecule has 0 aliphatic carbocycles. The van der Waals surface area contributed by atoms with Crippen LogP contribution in [0.1, 0.15) is 213 Å². The Morgan fingerprint density at radius 2 is 0.721 bits per heavy atom. The van der Waals surface area contributed by atoms with Gasteiger partial charge in [-0.05, 0) is 64.2 Å². The number of esters is 3. The molecule has 0 aliphatic rings. The summed E-state index contributed by atoms with van der Waals surface area (Å²) in [6.45, 7) is 6.37. The normalized spacial score (nSPS) is 12.9. The Morgan fingerprint density at radius 1 is 0.361 bits per heavy atom. The largest absolute Gasteiger partial charge is 0.462 e. The van der Waals surface area contributed by atoms with Gasteiger partial charge in [-0.1, -0.05) is 227 Å². The third-order valence-corrected chi connectivity index (χ3v) is 10.2. The Bertz CT molecular complexity index is 1250. The maximum Gasteiger partial charge on any atom is 0.306 e. The van der Waals surface area contributed by atoms with Crippen LogP contribution in [0.4, 0.5) is 0 Å². The van der Waals surface area contributed by atoms with Crippen LogP contribution in [0.25, 0.3) is 0 Å². The van der Waals surface area contributed by atoms with E-state index >= 15 is 0 Å². The van der Waals surface area contributed by atoms with Gasteiger partial charge in [0.2, 0.25) is 0 Å². The summed E-state index contributed by atoms with van der Waals surface area (Å²) in [7, 11) is 0. The van der Waals surface area contributed by atoms with Crippen LogP contribution in [0.3, 0.4) is 0 Å². The van der Waals surface area contributed by atoms with Gasteiger partial charge in [0.15, 0.2) is 6.10 Å². The molecule has 0 spiro atoms. The fraction of sp³-hybridized carbons (Fsp3) is 0.655. The van der Waals surface area contributed by atoms with Gasteiger partial charge in [-0.25, -0.2) is 0 Å². The molecule has 1 unspecified atom stereocenters. The van der Waals surface area contributed by atoms with E-state index in [1.807, 2.05) is 54.7 Å². The predicted octanol–water partition coefficient (Wildman–Crippen LogP) is 16.2. The second kappa shape index (κ2) is 49.0. The summed E-state index contributed by atoms with van der Waals surface area (Å²) in [6.07, 6.45) is 64.0. The number of hydrogen-bond acceptors (Lipinski definition) is 6. The van der Waals surface area contributed by atoms with E-state index in [-0.39, 0.29) is 38.0 Å². The van der Waals surface area contributed by atoms with Gasteiger partial charge >= 0.3 is 17.9 Å². The van der Waals surface area contributed by atoms with E-state index < -0.39 is 12.1 Å². The highest BCUT2D eigenvalue weighted by Gasteiger charge is 2.19. The van der Waals surface area contributed by atoms with Crippen LogP contribution >= 0.6 is 0 Å². The number of carbonyl (C=O) groups excluding carboxylic acids is 3. The predicted molar refractivity (Wildman–Crippen MR) is 260 cm³/mol. The minimum atomic E-state index is -0.833. The van der Waals surface area contributed by atoms with Gasteiger partial charge in [0.1, 0.15) is 13.2 Å². The van der Waals surface area contributed by atoms with E-state index in [4.69, 9.17) is 14.2 Å². The lowest BCUT2D eigenvalue weighted by molar-refractivity contribution is -0.167. The molecule has 61 heavy (non-hydrogen) atoms. The Hall–Kier alpha value is -3.67. The zero-order valence-corrected chi connectivity index (χ0v) is 39.4. The van der Waals surface area contributed by atoms with Crippen molar-refractivity contribution >= 4 is 17.9 Å². The number of carbonyl (C=O) groups is 3. The Kier molecular flexibility index (Phi) is 46.0. The maximum atomic E-state index is 12.7. The molecule has 0 aromatic carbocycles. The van der Waals surface area contributed by atoms with E-state index in [1.165, 1.54) is 109 Å². The molecule has 0 heterocycles. The summed E-state index contributed by atoms with van der Waals surface area (Å²) in [4.78, 5) is 37.8.